The van der Waals surface area contributed by atoms with Gasteiger partial charge >= 0.3 is 0 Å². The summed E-state index contributed by atoms with van der Waals surface area (Å²) in [5.41, 5.74) is 1.40. The first-order chi connectivity index (χ1) is 7.34. The Labute approximate surface area is 91.6 Å². The monoisotopic (exact) mass is 205 g/mol. The molecule has 1 aliphatic rings. The van der Waals surface area contributed by atoms with Crippen molar-refractivity contribution in [3.05, 3.63) is 35.9 Å². The third kappa shape index (κ3) is 3.33. The summed E-state index contributed by atoms with van der Waals surface area (Å²) in [6.45, 7) is 4.03. The molecular weight excluding hydrogens is 186 g/mol. The highest BCUT2D eigenvalue weighted by Gasteiger charge is 2.17. The fraction of sp³-hybridized carbons (Fsp3) is 0.538. The molecular formula is C13H19NO. The largest absolute Gasteiger partial charge is 0.380 e. The Hall–Kier alpha value is -0.860. The predicted octanol–water partition coefficient (Wildman–Crippen LogP) is 2.00. The number of hydrogen-bond acceptors (Lipinski definition) is 2. The lowest BCUT2D eigenvalue weighted by Gasteiger charge is -2.18. The van der Waals surface area contributed by atoms with Gasteiger partial charge in [0.15, 0.2) is 0 Å². The third-order valence-electron chi connectivity index (χ3n) is 2.83. The first-order valence-electron chi connectivity index (χ1n) is 5.72. The topological polar surface area (TPSA) is 21.3 Å². The SMILES string of the molecule is CC(Cc1ccccc1)NC1CCOC1. The van der Waals surface area contributed by atoms with Crippen molar-refractivity contribution in [2.75, 3.05) is 13.2 Å². The molecule has 82 valence electrons. The van der Waals surface area contributed by atoms with Crippen molar-refractivity contribution in [3.8, 4) is 0 Å². The average molecular weight is 205 g/mol. The molecule has 0 aromatic heterocycles. The van der Waals surface area contributed by atoms with Crippen molar-refractivity contribution in [1.82, 2.24) is 5.32 Å². The van der Waals surface area contributed by atoms with E-state index in [9.17, 15) is 0 Å². The summed E-state index contributed by atoms with van der Waals surface area (Å²) < 4.78 is 5.35. The maximum Gasteiger partial charge on any atom is 0.0620 e. The van der Waals surface area contributed by atoms with Crippen LogP contribution in [0.4, 0.5) is 0 Å². The van der Waals surface area contributed by atoms with Crippen molar-refractivity contribution in [1.29, 1.82) is 0 Å². The third-order valence-corrected chi connectivity index (χ3v) is 2.83. The summed E-state index contributed by atoms with van der Waals surface area (Å²) >= 11 is 0. The molecule has 0 amide bonds. The summed E-state index contributed by atoms with van der Waals surface area (Å²) in [5.74, 6) is 0. The van der Waals surface area contributed by atoms with Gasteiger partial charge in [0, 0.05) is 18.7 Å². The molecule has 0 spiro atoms. The standard InChI is InChI=1S/C13H19NO/c1-11(14-13-7-8-15-10-13)9-12-5-3-2-4-6-12/h2-6,11,13-14H,7-10H2,1H3. The lowest BCUT2D eigenvalue weighted by Crippen LogP contribution is -2.38. The van der Waals surface area contributed by atoms with Crippen LogP contribution in [0.2, 0.25) is 0 Å². The first kappa shape index (κ1) is 10.7. The molecule has 2 rings (SSSR count). The van der Waals surface area contributed by atoms with Crippen LogP contribution in [0.25, 0.3) is 0 Å². The fourth-order valence-corrected chi connectivity index (χ4v) is 2.09. The highest BCUT2D eigenvalue weighted by molar-refractivity contribution is 5.15. The van der Waals surface area contributed by atoms with Crippen LogP contribution in [0.1, 0.15) is 18.9 Å². The van der Waals surface area contributed by atoms with Crippen molar-refractivity contribution in [3.63, 3.8) is 0 Å². The van der Waals surface area contributed by atoms with E-state index in [1.165, 1.54) is 5.56 Å². The molecule has 1 aromatic carbocycles. The van der Waals surface area contributed by atoms with Crippen LogP contribution in [-0.2, 0) is 11.2 Å². The lowest BCUT2D eigenvalue weighted by atomic mass is 10.1. The Morgan fingerprint density at radius 1 is 1.40 bits per heavy atom. The summed E-state index contributed by atoms with van der Waals surface area (Å²) in [6.07, 6.45) is 2.25. The Bertz CT molecular complexity index is 280. The number of rotatable bonds is 4. The van der Waals surface area contributed by atoms with Crippen molar-refractivity contribution >= 4 is 0 Å². The van der Waals surface area contributed by atoms with Crippen LogP contribution >= 0.6 is 0 Å². The maximum absolute atomic E-state index is 5.35. The van der Waals surface area contributed by atoms with Gasteiger partial charge in [-0.25, -0.2) is 0 Å². The molecule has 1 heterocycles. The molecule has 2 heteroatoms. The van der Waals surface area contributed by atoms with Gasteiger partial charge in [-0.3, -0.25) is 0 Å². The Morgan fingerprint density at radius 2 is 2.20 bits per heavy atom. The van der Waals surface area contributed by atoms with E-state index in [0.717, 1.165) is 26.1 Å². The normalized spacial score (nSPS) is 22.9. The van der Waals surface area contributed by atoms with Crippen molar-refractivity contribution in [2.24, 2.45) is 0 Å². The van der Waals surface area contributed by atoms with Crippen LogP contribution in [0.15, 0.2) is 30.3 Å². The molecule has 2 atom stereocenters. The molecule has 0 aliphatic carbocycles. The van der Waals surface area contributed by atoms with Gasteiger partial charge in [0.2, 0.25) is 0 Å². The van der Waals surface area contributed by atoms with Gasteiger partial charge in [-0.05, 0) is 25.3 Å². The van der Waals surface area contributed by atoms with Crippen LogP contribution in [0.5, 0.6) is 0 Å². The van der Waals surface area contributed by atoms with Gasteiger partial charge in [0.05, 0.1) is 6.61 Å². The Morgan fingerprint density at radius 3 is 2.87 bits per heavy atom. The number of ether oxygens (including phenoxy) is 1. The van der Waals surface area contributed by atoms with E-state index in [1.807, 2.05) is 0 Å². The zero-order valence-corrected chi connectivity index (χ0v) is 9.28. The Kier molecular flexibility index (Phi) is 3.75. The molecule has 1 aromatic rings. The van der Waals surface area contributed by atoms with Crippen molar-refractivity contribution < 1.29 is 4.74 Å². The molecule has 2 unspecified atom stereocenters. The van der Waals surface area contributed by atoms with Crippen LogP contribution in [0.3, 0.4) is 0 Å². The van der Waals surface area contributed by atoms with Gasteiger partial charge < -0.3 is 10.1 Å². The van der Waals surface area contributed by atoms with E-state index in [2.05, 4.69) is 42.6 Å². The molecule has 2 nitrogen and oxygen atoms in total. The van der Waals surface area contributed by atoms with Gasteiger partial charge in [0.1, 0.15) is 0 Å². The summed E-state index contributed by atoms with van der Waals surface area (Å²) in [4.78, 5) is 0. The smallest absolute Gasteiger partial charge is 0.0620 e. The molecule has 1 saturated heterocycles. The lowest BCUT2D eigenvalue weighted by molar-refractivity contribution is 0.188. The van der Waals surface area contributed by atoms with E-state index in [-0.39, 0.29) is 0 Å². The molecule has 1 N–H and O–H groups in total. The summed E-state index contributed by atoms with van der Waals surface area (Å²) in [7, 11) is 0. The average Bonchev–Trinajstić information content (AvgIpc) is 2.71. The second-order valence-electron chi connectivity index (χ2n) is 4.32. The number of hydrogen-bond donors (Lipinski definition) is 1. The van der Waals surface area contributed by atoms with Crippen LogP contribution in [-0.4, -0.2) is 25.3 Å². The van der Waals surface area contributed by atoms with Crippen molar-refractivity contribution in [2.45, 2.75) is 31.8 Å². The second kappa shape index (κ2) is 5.29. The zero-order valence-electron chi connectivity index (χ0n) is 9.28. The van der Waals surface area contributed by atoms with E-state index in [1.54, 1.807) is 0 Å². The van der Waals surface area contributed by atoms with Gasteiger partial charge in [-0.1, -0.05) is 30.3 Å². The van der Waals surface area contributed by atoms with Crippen LogP contribution < -0.4 is 5.32 Å². The minimum atomic E-state index is 0.527. The molecule has 0 saturated carbocycles. The van der Waals surface area contributed by atoms with E-state index in [0.29, 0.717) is 12.1 Å². The Balaban J connectivity index is 1.79. The number of nitrogens with one attached hydrogen (secondary N) is 1. The maximum atomic E-state index is 5.35. The second-order valence-corrected chi connectivity index (χ2v) is 4.32. The highest BCUT2D eigenvalue weighted by Crippen LogP contribution is 2.07. The fourth-order valence-electron chi connectivity index (χ4n) is 2.09. The predicted molar refractivity (Wildman–Crippen MR) is 62.0 cm³/mol. The zero-order chi connectivity index (χ0) is 10.5. The minimum absolute atomic E-state index is 0.527. The minimum Gasteiger partial charge on any atom is -0.380 e. The molecule has 0 radical (unpaired) electrons. The summed E-state index contributed by atoms with van der Waals surface area (Å²) in [6, 6.07) is 11.7. The van der Waals surface area contributed by atoms with Gasteiger partial charge in [0.25, 0.3) is 0 Å². The van der Waals surface area contributed by atoms with Gasteiger partial charge in [-0.15, -0.1) is 0 Å². The van der Waals surface area contributed by atoms with Gasteiger partial charge in [-0.2, -0.15) is 0 Å². The van der Waals surface area contributed by atoms with E-state index >= 15 is 0 Å². The molecule has 15 heavy (non-hydrogen) atoms. The molecule has 1 aliphatic heterocycles. The quantitative estimate of drug-likeness (QED) is 0.811. The molecule has 0 bridgehead atoms. The summed E-state index contributed by atoms with van der Waals surface area (Å²) in [5, 5.41) is 3.60. The van der Waals surface area contributed by atoms with E-state index in [4.69, 9.17) is 4.74 Å². The number of benzene rings is 1. The molecule has 1 fully saturated rings. The van der Waals surface area contributed by atoms with E-state index < -0.39 is 0 Å². The first-order valence-corrected chi connectivity index (χ1v) is 5.72. The highest BCUT2D eigenvalue weighted by atomic mass is 16.5. The van der Waals surface area contributed by atoms with Crippen LogP contribution in [0, 0.1) is 0 Å².